The van der Waals surface area contributed by atoms with Crippen LogP contribution in [-0.2, 0) is 9.84 Å². The highest BCUT2D eigenvalue weighted by Crippen LogP contribution is 2.29. The Labute approximate surface area is 147 Å². The second-order valence-corrected chi connectivity index (χ2v) is 8.53. The molecule has 0 saturated carbocycles. The smallest absolute Gasteiger partial charge is 0.322 e. The third kappa shape index (κ3) is 3.74. The summed E-state index contributed by atoms with van der Waals surface area (Å²) in [7, 11) is -3.40. The summed E-state index contributed by atoms with van der Waals surface area (Å²) in [5.41, 5.74) is 0.942. The Morgan fingerprint density at radius 1 is 1.24 bits per heavy atom. The topological polar surface area (TPSA) is 115 Å². The maximum Gasteiger partial charge on any atom is 0.322 e. The lowest BCUT2D eigenvalue weighted by molar-refractivity contribution is 0.102. The normalized spacial score (nSPS) is 11.5. The Morgan fingerprint density at radius 3 is 2.64 bits per heavy atom. The number of thiazole rings is 1. The third-order valence-electron chi connectivity index (χ3n) is 3.27. The highest BCUT2D eigenvalue weighted by atomic mass is 32.2. The minimum absolute atomic E-state index is 0.0575. The van der Waals surface area contributed by atoms with Crippen molar-refractivity contribution in [3.8, 4) is 10.8 Å². The molecule has 0 radical (unpaired) electrons. The van der Waals surface area contributed by atoms with Crippen LogP contribution in [0.15, 0.2) is 33.6 Å². The molecule has 1 amide bonds. The molecule has 2 heterocycles. The molecule has 3 rings (SSSR count). The molecule has 0 bridgehead atoms. The Bertz CT molecular complexity index is 1050. The van der Waals surface area contributed by atoms with Crippen LogP contribution in [0.25, 0.3) is 10.8 Å². The van der Waals surface area contributed by atoms with Gasteiger partial charge >= 0.3 is 6.01 Å². The summed E-state index contributed by atoms with van der Waals surface area (Å²) < 4.78 is 28.6. The van der Waals surface area contributed by atoms with E-state index in [1.54, 1.807) is 0 Å². The first-order valence-electron chi connectivity index (χ1n) is 7.13. The number of nitrogens with zero attached hydrogens (tertiary/aromatic N) is 3. The van der Waals surface area contributed by atoms with Crippen LogP contribution in [0.1, 0.15) is 21.1 Å². The van der Waals surface area contributed by atoms with Gasteiger partial charge < -0.3 is 4.42 Å². The van der Waals surface area contributed by atoms with Gasteiger partial charge in [0.05, 0.1) is 15.6 Å². The second-order valence-electron chi connectivity index (χ2n) is 5.31. The van der Waals surface area contributed by atoms with Gasteiger partial charge in [-0.25, -0.2) is 13.4 Å². The van der Waals surface area contributed by atoms with E-state index in [9.17, 15) is 13.2 Å². The van der Waals surface area contributed by atoms with E-state index in [0.717, 1.165) is 21.8 Å². The number of rotatable bonds is 4. The van der Waals surface area contributed by atoms with E-state index in [0.29, 0.717) is 0 Å². The van der Waals surface area contributed by atoms with Crippen LogP contribution in [0.2, 0.25) is 0 Å². The number of carbonyl (C=O) groups excluding carboxylic acids is 1. The molecule has 10 heteroatoms. The third-order valence-corrected chi connectivity index (χ3v) is 5.44. The minimum atomic E-state index is -3.40. The Hall–Kier alpha value is -2.59. The van der Waals surface area contributed by atoms with Crippen molar-refractivity contribution in [1.82, 2.24) is 15.2 Å². The lowest BCUT2D eigenvalue weighted by Crippen LogP contribution is -2.13. The zero-order valence-corrected chi connectivity index (χ0v) is 15.2. The van der Waals surface area contributed by atoms with Gasteiger partial charge in [0.1, 0.15) is 4.88 Å². The van der Waals surface area contributed by atoms with Gasteiger partial charge in [0, 0.05) is 11.8 Å². The monoisotopic (exact) mass is 378 g/mol. The average Bonchev–Trinajstić information content (AvgIpc) is 3.12. The molecule has 3 aromatic rings. The number of amides is 1. The molecule has 0 aliphatic rings. The number of hydrogen-bond acceptors (Lipinski definition) is 8. The summed E-state index contributed by atoms with van der Waals surface area (Å²) >= 11 is 1.41. The first-order valence-corrected chi connectivity index (χ1v) is 9.84. The van der Waals surface area contributed by atoms with Gasteiger partial charge in [-0.2, -0.15) is 0 Å². The number of benzene rings is 1. The molecule has 2 aromatic heterocycles. The van der Waals surface area contributed by atoms with Crippen molar-refractivity contribution in [1.29, 1.82) is 0 Å². The van der Waals surface area contributed by atoms with Crippen LogP contribution in [0.5, 0.6) is 0 Å². The Balaban J connectivity index is 1.82. The standard InChI is InChI=1S/C15H14N4O4S2/c1-8-12(24-9(2)16-8)14-18-19-15(23-14)17-13(20)10-5-4-6-11(7-10)25(3,21)22/h4-7H,1-3H3,(H,17,19,20). The molecule has 0 unspecified atom stereocenters. The summed E-state index contributed by atoms with van der Waals surface area (Å²) in [6.07, 6.45) is 1.08. The van der Waals surface area contributed by atoms with Crippen molar-refractivity contribution < 1.29 is 17.6 Å². The number of hydrogen-bond donors (Lipinski definition) is 1. The molecule has 8 nitrogen and oxygen atoms in total. The first-order chi connectivity index (χ1) is 11.7. The molecular weight excluding hydrogens is 364 g/mol. The van der Waals surface area contributed by atoms with Gasteiger partial charge in [0.25, 0.3) is 11.8 Å². The van der Waals surface area contributed by atoms with Crippen LogP contribution in [-0.4, -0.2) is 35.8 Å². The molecule has 0 aliphatic heterocycles. The Kier molecular flexibility index (Phi) is 4.39. The summed E-state index contributed by atoms with van der Waals surface area (Å²) in [4.78, 5) is 17.3. The van der Waals surface area contributed by atoms with Gasteiger partial charge in [0.15, 0.2) is 9.84 Å². The van der Waals surface area contributed by atoms with E-state index in [4.69, 9.17) is 4.42 Å². The van der Waals surface area contributed by atoms with Crippen molar-refractivity contribution in [3.63, 3.8) is 0 Å². The fraction of sp³-hybridized carbons (Fsp3) is 0.200. The molecule has 1 N–H and O–H groups in total. The molecule has 130 valence electrons. The average molecular weight is 378 g/mol. The molecule has 0 spiro atoms. The van der Waals surface area contributed by atoms with Gasteiger partial charge in [-0.1, -0.05) is 11.2 Å². The van der Waals surface area contributed by atoms with Crippen molar-refractivity contribution in [3.05, 3.63) is 40.5 Å². The lowest BCUT2D eigenvalue weighted by Gasteiger charge is -2.03. The van der Waals surface area contributed by atoms with Gasteiger partial charge in [-0.3, -0.25) is 10.1 Å². The second kappa shape index (κ2) is 6.37. The maximum atomic E-state index is 12.3. The molecule has 1 aromatic carbocycles. The molecular formula is C15H14N4O4S2. The van der Waals surface area contributed by atoms with Crippen molar-refractivity contribution in [2.24, 2.45) is 0 Å². The number of sulfone groups is 1. The summed E-state index contributed by atoms with van der Waals surface area (Å²) in [6, 6.07) is 5.63. The van der Waals surface area contributed by atoms with Crippen LogP contribution in [0, 0.1) is 13.8 Å². The number of nitrogens with one attached hydrogen (secondary N) is 1. The summed E-state index contributed by atoms with van der Waals surface area (Å²) in [5, 5.41) is 11.0. The van der Waals surface area contributed by atoms with Crippen molar-refractivity contribution in [2.45, 2.75) is 18.7 Å². The highest BCUT2D eigenvalue weighted by Gasteiger charge is 2.17. The van der Waals surface area contributed by atoms with Crippen molar-refractivity contribution in [2.75, 3.05) is 11.6 Å². The largest absolute Gasteiger partial charge is 0.402 e. The predicted octanol–water partition coefficient (Wildman–Crippen LogP) is 2.47. The van der Waals surface area contributed by atoms with Gasteiger partial charge in [-0.05, 0) is 32.0 Å². The molecule has 0 aliphatic carbocycles. The molecule has 0 atom stereocenters. The van der Waals surface area contributed by atoms with Crippen LogP contribution in [0.4, 0.5) is 6.01 Å². The van der Waals surface area contributed by atoms with E-state index < -0.39 is 15.7 Å². The van der Waals surface area contributed by atoms with E-state index in [1.807, 2.05) is 13.8 Å². The van der Waals surface area contributed by atoms with Crippen LogP contribution >= 0.6 is 11.3 Å². The molecule has 0 fully saturated rings. The fourth-order valence-corrected chi connectivity index (χ4v) is 3.64. The van der Waals surface area contributed by atoms with Crippen molar-refractivity contribution >= 4 is 33.1 Å². The Morgan fingerprint density at radius 2 is 2.00 bits per heavy atom. The number of carbonyl (C=O) groups is 1. The molecule has 0 saturated heterocycles. The number of aryl methyl sites for hydroxylation is 2. The van der Waals surface area contributed by atoms with Crippen LogP contribution in [0.3, 0.4) is 0 Å². The van der Waals surface area contributed by atoms with E-state index in [-0.39, 0.29) is 22.4 Å². The zero-order valence-electron chi connectivity index (χ0n) is 13.6. The van der Waals surface area contributed by atoms with E-state index >= 15 is 0 Å². The van der Waals surface area contributed by atoms with E-state index in [1.165, 1.54) is 35.6 Å². The van der Waals surface area contributed by atoms with E-state index in [2.05, 4.69) is 20.5 Å². The zero-order chi connectivity index (χ0) is 18.2. The minimum Gasteiger partial charge on any atom is -0.402 e. The SMILES string of the molecule is Cc1nc(C)c(-c2nnc(NC(=O)c3cccc(S(C)(=O)=O)c3)o2)s1. The van der Waals surface area contributed by atoms with Crippen LogP contribution < -0.4 is 5.32 Å². The lowest BCUT2D eigenvalue weighted by atomic mass is 10.2. The first kappa shape index (κ1) is 17.2. The fourth-order valence-electron chi connectivity index (χ4n) is 2.13. The van der Waals surface area contributed by atoms with Gasteiger partial charge in [0.2, 0.25) is 0 Å². The predicted molar refractivity (Wildman–Crippen MR) is 92.4 cm³/mol. The quantitative estimate of drug-likeness (QED) is 0.741. The number of aromatic nitrogens is 3. The summed E-state index contributed by atoms with van der Waals surface area (Å²) in [6.45, 7) is 3.70. The molecule has 25 heavy (non-hydrogen) atoms. The maximum absolute atomic E-state index is 12.3. The van der Waals surface area contributed by atoms with Gasteiger partial charge in [-0.15, -0.1) is 16.4 Å². The summed E-state index contributed by atoms with van der Waals surface area (Å²) in [5.74, 6) is -0.277. The number of anilines is 1. The highest BCUT2D eigenvalue weighted by molar-refractivity contribution is 7.90.